The molecular formula is C12H16ClN3OS. The van der Waals surface area contributed by atoms with Crippen LogP contribution >= 0.6 is 23.4 Å². The average Bonchev–Trinajstić information content (AvgIpc) is 2.38. The monoisotopic (exact) mass is 285 g/mol. The molecule has 0 spiro atoms. The molecule has 1 aromatic heterocycles. The molecule has 2 aliphatic heterocycles. The molecule has 1 fully saturated rings. The maximum atomic E-state index is 6.06. The van der Waals surface area contributed by atoms with E-state index in [1.807, 2.05) is 11.8 Å². The summed E-state index contributed by atoms with van der Waals surface area (Å²) in [6, 6.07) is 0.344. The fraction of sp³-hybridized carbons (Fsp3) is 0.667. The first-order chi connectivity index (χ1) is 8.75. The molecule has 3 heterocycles. The number of anilines is 1. The van der Waals surface area contributed by atoms with Crippen molar-refractivity contribution in [2.75, 3.05) is 30.4 Å². The number of thioether (sulfide) groups is 1. The zero-order valence-corrected chi connectivity index (χ0v) is 11.9. The Bertz CT molecular complexity index is 457. The van der Waals surface area contributed by atoms with E-state index in [2.05, 4.69) is 21.8 Å². The number of fused-ring (bicyclic) bond motifs is 1. The van der Waals surface area contributed by atoms with Crippen LogP contribution in [0.2, 0.25) is 5.28 Å². The van der Waals surface area contributed by atoms with Crippen molar-refractivity contribution in [3.63, 3.8) is 0 Å². The molecular weight excluding hydrogens is 270 g/mol. The Morgan fingerprint density at radius 3 is 3.17 bits per heavy atom. The molecule has 1 atom stereocenters. The molecule has 98 valence electrons. The van der Waals surface area contributed by atoms with E-state index in [9.17, 15) is 0 Å². The molecule has 0 aliphatic carbocycles. The summed E-state index contributed by atoms with van der Waals surface area (Å²) in [5.41, 5.74) is 1.11. The summed E-state index contributed by atoms with van der Waals surface area (Å²) in [7, 11) is 0. The molecule has 3 rings (SSSR count). The van der Waals surface area contributed by atoms with Crippen molar-refractivity contribution < 1.29 is 4.74 Å². The van der Waals surface area contributed by atoms with Crippen LogP contribution in [0, 0.1) is 0 Å². The van der Waals surface area contributed by atoms with Gasteiger partial charge in [-0.15, -0.1) is 11.8 Å². The normalized spacial score (nSPS) is 23.9. The van der Waals surface area contributed by atoms with Gasteiger partial charge in [0, 0.05) is 6.54 Å². The third-order valence-corrected chi connectivity index (χ3v) is 4.70. The molecule has 0 amide bonds. The van der Waals surface area contributed by atoms with E-state index in [-0.39, 0.29) is 0 Å². The average molecular weight is 286 g/mol. The molecule has 4 nitrogen and oxygen atoms in total. The van der Waals surface area contributed by atoms with Gasteiger partial charge in [-0.2, -0.15) is 4.98 Å². The van der Waals surface area contributed by atoms with Crippen molar-refractivity contribution in [3.8, 4) is 0 Å². The van der Waals surface area contributed by atoms with Crippen LogP contribution in [0.25, 0.3) is 0 Å². The highest BCUT2D eigenvalue weighted by atomic mass is 35.5. The van der Waals surface area contributed by atoms with Gasteiger partial charge in [0.1, 0.15) is 5.82 Å². The van der Waals surface area contributed by atoms with Crippen LogP contribution in [0.4, 0.5) is 5.82 Å². The second kappa shape index (κ2) is 5.23. The predicted molar refractivity (Wildman–Crippen MR) is 73.7 cm³/mol. The molecule has 6 heteroatoms. The number of hydrogen-bond acceptors (Lipinski definition) is 5. The largest absolute Gasteiger partial charge is 0.377 e. The highest BCUT2D eigenvalue weighted by Crippen LogP contribution is 2.37. The minimum Gasteiger partial charge on any atom is -0.377 e. The lowest BCUT2D eigenvalue weighted by molar-refractivity contribution is 0.0982. The van der Waals surface area contributed by atoms with Crippen LogP contribution in [-0.2, 0) is 11.2 Å². The number of nitrogens with zero attached hydrogens (tertiary/aromatic N) is 3. The zero-order chi connectivity index (χ0) is 12.5. The van der Waals surface area contributed by atoms with Gasteiger partial charge in [-0.3, -0.25) is 0 Å². The second-order valence-corrected chi connectivity index (χ2v) is 6.10. The number of ether oxygens (including phenoxy) is 1. The Kier molecular flexibility index (Phi) is 3.63. The highest BCUT2D eigenvalue weighted by molar-refractivity contribution is 7.99. The summed E-state index contributed by atoms with van der Waals surface area (Å²) in [5.74, 6) is 2.15. The van der Waals surface area contributed by atoms with Crippen molar-refractivity contribution >= 4 is 29.2 Å². The van der Waals surface area contributed by atoms with Crippen LogP contribution < -0.4 is 4.90 Å². The molecule has 0 bridgehead atoms. The third-order valence-electron chi connectivity index (χ3n) is 3.33. The fourth-order valence-corrected chi connectivity index (χ4v) is 3.70. The molecule has 0 N–H and O–H groups in total. The molecule has 18 heavy (non-hydrogen) atoms. The minimum absolute atomic E-state index is 0.344. The number of halogens is 1. The second-order valence-electron chi connectivity index (χ2n) is 4.66. The first kappa shape index (κ1) is 12.5. The number of hydrogen-bond donors (Lipinski definition) is 0. The van der Waals surface area contributed by atoms with Crippen LogP contribution in [-0.4, -0.2) is 41.5 Å². The summed E-state index contributed by atoms with van der Waals surface area (Å²) in [4.78, 5) is 12.4. The molecule has 2 aliphatic rings. The molecule has 0 saturated carbocycles. The van der Waals surface area contributed by atoms with E-state index in [1.165, 1.54) is 11.3 Å². The molecule has 0 aromatic carbocycles. The van der Waals surface area contributed by atoms with Crippen molar-refractivity contribution in [2.45, 2.75) is 30.7 Å². The molecule has 0 radical (unpaired) electrons. The summed E-state index contributed by atoms with van der Waals surface area (Å²) in [5, 5.41) is 0.366. The summed E-state index contributed by atoms with van der Waals surface area (Å²) in [6.07, 6.45) is 2.18. The van der Waals surface area contributed by atoms with Crippen LogP contribution in [0.15, 0.2) is 4.90 Å². The molecule has 1 saturated heterocycles. The standard InChI is InChI=1S/C12H16ClN3OS/c1-8-7-17-5-4-16(8)11-10-9(3-2-6-18-10)14-12(13)15-11/h8H,2-7H2,1H3. The van der Waals surface area contributed by atoms with Crippen LogP contribution in [0.3, 0.4) is 0 Å². The Balaban J connectivity index is 2.01. The third kappa shape index (κ3) is 2.31. The first-order valence-electron chi connectivity index (χ1n) is 6.29. The first-order valence-corrected chi connectivity index (χ1v) is 7.65. The predicted octanol–water partition coefficient (Wildman–Crippen LogP) is 2.39. The maximum absolute atomic E-state index is 6.06. The number of aromatic nitrogens is 2. The van der Waals surface area contributed by atoms with E-state index in [0.717, 1.165) is 43.4 Å². The van der Waals surface area contributed by atoms with Gasteiger partial charge in [-0.25, -0.2) is 4.98 Å². The lowest BCUT2D eigenvalue weighted by atomic mass is 10.2. The fourth-order valence-electron chi connectivity index (χ4n) is 2.42. The number of rotatable bonds is 1. The van der Waals surface area contributed by atoms with Gasteiger partial charge in [0.15, 0.2) is 0 Å². The quantitative estimate of drug-likeness (QED) is 0.741. The number of aryl methyl sites for hydroxylation is 1. The Hall–Kier alpha value is -0.520. The summed E-state index contributed by atoms with van der Waals surface area (Å²) >= 11 is 7.91. The van der Waals surface area contributed by atoms with Gasteiger partial charge in [0.25, 0.3) is 0 Å². The Morgan fingerprint density at radius 2 is 2.33 bits per heavy atom. The zero-order valence-electron chi connectivity index (χ0n) is 10.4. The van der Waals surface area contributed by atoms with Crippen molar-refractivity contribution in [2.24, 2.45) is 0 Å². The SMILES string of the molecule is CC1COCCN1c1nc(Cl)nc2c1SCCC2. The minimum atomic E-state index is 0.344. The molecule has 1 aromatic rings. The van der Waals surface area contributed by atoms with Gasteiger partial charge >= 0.3 is 0 Å². The van der Waals surface area contributed by atoms with Crippen molar-refractivity contribution in [3.05, 3.63) is 11.0 Å². The topological polar surface area (TPSA) is 38.2 Å². The van der Waals surface area contributed by atoms with E-state index in [4.69, 9.17) is 16.3 Å². The van der Waals surface area contributed by atoms with E-state index < -0.39 is 0 Å². The van der Waals surface area contributed by atoms with Gasteiger partial charge in [-0.1, -0.05) is 0 Å². The molecule has 1 unspecified atom stereocenters. The Morgan fingerprint density at radius 1 is 1.44 bits per heavy atom. The van der Waals surface area contributed by atoms with E-state index in [0.29, 0.717) is 11.3 Å². The van der Waals surface area contributed by atoms with E-state index in [1.54, 1.807) is 0 Å². The lowest BCUT2D eigenvalue weighted by Crippen LogP contribution is -2.44. The van der Waals surface area contributed by atoms with Gasteiger partial charge < -0.3 is 9.64 Å². The van der Waals surface area contributed by atoms with Crippen LogP contribution in [0.5, 0.6) is 0 Å². The highest BCUT2D eigenvalue weighted by Gasteiger charge is 2.26. The summed E-state index contributed by atoms with van der Waals surface area (Å²) in [6.45, 7) is 4.54. The van der Waals surface area contributed by atoms with Gasteiger partial charge in [0.05, 0.1) is 29.8 Å². The Labute approximate surface area is 116 Å². The van der Waals surface area contributed by atoms with Crippen LogP contribution in [0.1, 0.15) is 19.0 Å². The maximum Gasteiger partial charge on any atom is 0.224 e. The smallest absolute Gasteiger partial charge is 0.224 e. The van der Waals surface area contributed by atoms with E-state index >= 15 is 0 Å². The lowest BCUT2D eigenvalue weighted by Gasteiger charge is -2.36. The van der Waals surface area contributed by atoms with Gasteiger partial charge in [0.2, 0.25) is 5.28 Å². The number of morpholine rings is 1. The van der Waals surface area contributed by atoms with Gasteiger partial charge in [-0.05, 0) is 37.1 Å². The summed E-state index contributed by atoms with van der Waals surface area (Å²) < 4.78 is 5.48. The van der Waals surface area contributed by atoms with Crippen molar-refractivity contribution in [1.29, 1.82) is 0 Å². The van der Waals surface area contributed by atoms with Crippen molar-refractivity contribution in [1.82, 2.24) is 9.97 Å².